The van der Waals surface area contributed by atoms with Gasteiger partial charge in [0.15, 0.2) is 5.78 Å². The lowest BCUT2D eigenvalue weighted by Crippen LogP contribution is -2.16. The van der Waals surface area contributed by atoms with Crippen molar-refractivity contribution in [1.29, 1.82) is 0 Å². The molecule has 0 spiro atoms. The zero-order valence-corrected chi connectivity index (χ0v) is 15.1. The van der Waals surface area contributed by atoms with E-state index in [1.807, 2.05) is 30.5 Å². The van der Waals surface area contributed by atoms with Gasteiger partial charge in [-0.1, -0.05) is 18.7 Å². The van der Waals surface area contributed by atoms with Crippen LogP contribution in [-0.2, 0) is 14.3 Å². The minimum absolute atomic E-state index is 0.0855. The van der Waals surface area contributed by atoms with Crippen LogP contribution in [0.25, 0.3) is 0 Å². The SMILES string of the molecule is C=C(C(=O)CCCNc1ccccc1OCCSC)C(=O)OCC. The summed E-state index contributed by atoms with van der Waals surface area (Å²) in [6.07, 6.45) is 2.88. The van der Waals surface area contributed by atoms with Crippen LogP contribution in [0.3, 0.4) is 0 Å². The third kappa shape index (κ3) is 7.08. The third-order valence-corrected chi connectivity index (χ3v) is 3.76. The molecule has 0 aliphatic rings. The molecule has 0 aliphatic heterocycles. The molecule has 132 valence electrons. The van der Waals surface area contributed by atoms with Gasteiger partial charge in [-0.3, -0.25) is 4.79 Å². The van der Waals surface area contributed by atoms with Gasteiger partial charge in [-0.05, 0) is 31.7 Å². The van der Waals surface area contributed by atoms with Gasteiger partial charge in [-0.25, -0.2) is 4.79 Å². The smallest absolute Gasteiger partial charge is 0.341 e. The van der Waals surface area contributed by atoms with Gasteiger partial charge in [0, 0.05) is 18.7 Å². The molecule has 0 atom stereocenters. The quantitative estimate of drug-likeness (QED) is 0.205. The predicted octanol–water partition coefficient (Wildman–Crippen LogP) is 3.31. The number of carbonyl (C=O) groups is 2. The Labute approximate surface area is 147 Å². The fourth-order valence-electron chi connectivity index (χ4n) is 1.93. The standard InChI is InChI=1S/C18H25NO4S/c1-4-22-18(21)14(2)16(20)9-7-11-19-15-8-5-6-10-17(15)23-12-13-24-3/h5-6,8,10,19H,2,4,7,9,11-13H2,1,3H3. The number of nitrogens with one attached hydrogen (secondary N) is 1. The van der Waals surface area contributed by atoms with Crippen LogP contribution in [0.1, 0.15) is 19.8 Å². The van der Waals surface area contributed by atoms with Gasteiger partial charge in [-0.15, -0.1) is 0 Å². The van der Waals surface area contributed by atoms with Crippen LogP contribution in [0, 0.1) is 0 Å². The summed E-state index contributed by atoms with van der Waals surface area (Å²) in [6, 6.07) is 7.70. The van der Waals surface area contributed by atoms with Gasteiger partial charge in [0.1, 0.15) is 5.75 Å². The van der Waals surface area contributed by atoms with Crippen LogP contribution in [0.2, 0.25) is 0 Å². The first-order valence-corrected chi connectivity index (χ1v) is 9.33. The molecule has 5 nitrogen and oxygen atoms in total. The molecule has 1 N–H and O–H groups in total. The third-order valence-electron chi connectivity index (χ3n) is 3.19. The lowest BCUT2D eigenvalue weighted by Gasteiger charge is -2.13. The Morgan fingerprint density at radius 1 is 1.29 bits per heavy atom. The Balaban J connectivity index is 2.38. The first-order valence-electron chi connectivity index (χ1n) is 7.94. The van der Waals surface area contributed by atoms with Crippen LogP contribution in [0.5, 0.6) is 5.75 Å². The zero-order chi connectivity index (χ0) is 17.8. The Morgan fingerprint density at radius 3 is 2.75 bits per heavy atom. The number of thioether (sulfide) groups is 1. The number of ether oxygens (including phenoxy) is 2. The Morgan fingerprint density at radius 2 is 2.04 bits per heavy atom. The highest BCUT2D eigenvalue weighted by atomic mass is 32.2. The molecule has 0 radical (unpaired) electrons. The van der Waals surface area contributed by atoms with Crippen molar-refractivity contribution in [2.75, 3.05) is 37.1 Å². The molecule has 0 saturated carbocycles. The molecule has 0 saturated heterocycles. The van der Waals surface area contributed by atoms with Crippen molar-refractivity contribution in [1.82, 2.24) is 0 Å². The summed E-state index contributed by atoms with van der Waals surface area (Å²) in [5.74, 6) is 0.815. The van der Waals surface area contributed by atoms with Crippen molar-refractivity contribution in [3.63, 3.8) is 0 Å². The second-order valence-corrected chi connectivity index (χ2v) is 5.98. The second kappa shape index (κ2) is 11.6. The number of esters is 1. The van der Waals surface area contributed by atoms with Crippen LogP contribution in [0.4, 0.5) is 5.69 Å². The Hall–Kier alpha value is -1.95. The number of hydrogen-bond donors (Lipinski definition) is 1. The number of para-hydroxylation sites is 2. The van der Waals surface area contributed by atoms with Crippen LogP contribution in [-0.4, -0.2) is 43.5 Å². The molecular formula is C18H25NO4S. The second-order valence-electron chi connectivity index (χ2n) is 4.99. The van der Waals surface area contributed by atoms with Crippen molar-refractivity contribution in [2.24, 2.45) is 0 Å². The molecule has 0 aliphatic carbocycles. The maximum absolute atomic E-state index is 11.9. The average Bonchev–Trinajstić information content (AvgIpc) is 2.59. The number of carbonyl (C=O) groups excluding carboxylic acids is 2. The maximum atomic E-state index is 11.9. The molecule has 1 aromatic carbocycles. The topological polar surface area (TPSA) is 64.6 Å². The molecule has 24 heavy (non-hydrogen) atoms. The summed E-state index contributed by atoms with van der Waals surface area (Å²) in [5, 5.41) is 3.26. The highest BCUT2D eigenvalue weighted by Gasteiger charge is 2.16. The molecule has 1 rings (SSSR count). The van der Waals surface area contributed by atoms with E-state index in [0.29, 0.717) is 19.6 Å². The van der Waals surface area contributed by atoms with Crippen molar-refractivity contribution in [2.45, 2.75) is 19.8 Å². The highest BCUT2D eigenvalue weighted by molar-refractivity contribution is 7.98. The first-order chi connectivity index (χ1) is 11.6. The van der Waals surface area contributed by atoms with Gasteiger partial charge in [0.05, 0.1) is 24.5 Å². The number of ketones is 1. The van der Waals surface area contributed by atoms with Crippen molar-refractivity contribution in [3.05, 3.63) is 36.4 Å². The lowest BCUT2D eigenvalue weighted by atomic mass is 10.1. The van der Waals surface area contributed by atoms with Crippen molar-refractivity contribution < 1.29 is 19.1 Å². The molecule has 0 aromatic heterocycles. The molecule has 0 fully saturated rings. The molecule has 0 amide bonds. The van der Waals surface area contributed by atoms with Gasteiger partial charge in [-0.2, -0.15) is 11.8 Å². The molecule has 0 unspecified atom stereocenters. The van der Waals surface area contributed by atoms with E-state index in [-0.39, 0.29) is 24.4 Å². The first kappa shape index (κ1) is 20.1. The van der Waals surface area contributed by atoms with E-state index in [4.69, 9.17) is 9.47 Å². The number of rotatable bonds is 12. The van der Waals surface area contributed by atoms with E-state index in [2.05, 4.69) is 11.9 Å². The molecule has 6 heteroatoms. The fraction of sp³-hybridized carbons (Fsp3) is 0.444. The lowest BCUT2D eigenvalue weighted by molar-refractivity contribution is -0.140. The molecule has 1 aromatic rings. The molecule has 0 heterocycles. The summed E-state index contributed by atoms with van der Waals surface area (Å²) >= 11 is 1.73. The summed E-state index contributed by atoms with van der Waals surface area (Å²) in [4.78, 5) is 23.3. The minimum Gasteiger partial charge on any atom is -0.491 e. The van der Waals surface area contributed by atoms with Gasteiger partial charge < -0.3 is 14.8 Å². The van der Waals surface area contributed by atoms with Crippen LogP contribution >= 0.6 is 11.8 Å². The number of hydrogen-bond acceptors (Lipinski definition) is 6. The highest BCUT2D eigenvalue weighted by Crippen LogP contribution is 2.23. The van der Waals surface area contributed by atoms with Crippen LogP contribution in [0.15, 0.2) is 36.4 Å². The monoisotopic (exact) mass is 351 g/mol. The van der Waals surface area contributed by atoms with E-state index in [9.17, 15) is 9.59 Å². The van der Waals surface area contributed by atoms with Crippen molar-refractivity contribution >= 4 is 29.2 Å². The summed E-state index contributed by atoms with van der Waals surface area (Å²) < 4.78 is 10.5. The van der Waals surface area contributed by atoms with Gasteiger partial charge >= 0.3 is 5.97 Å². The number of benzene rings is 1. The molecule has 0 bridgehead atoms. The largest absolute Gasteiger partial charge is 0.491 e. The number of anilines is 1. The van der Waals surface area contributed by atoms with Gasteiger partial charge in [0.25, 0.3) is 0 Å². The van der Waals surface area contributed by atoms with E-state index < -0.39 is 5.97 Å². The predicted molar refractivity (Wildman–Crippen MR) is 98.8 cm³/mol. The van der Waals surface area contributed by atoms with E-state index in [0.717, 1.165) is 17.2 Å². The average molecular weight is 351 g/mol. The van der Waals surface area contributed by atoms with E-state index in [1.165, 1.54) is 0 Å². The van der Waals surface area contributed by atoms with Crippen LogP contribution < -0.4 is 10.1 Å². The summed E-state index contributed by atoms with van der Waals surface area (Å²) in [5.41, 5.74) is 0.813. The zero-order valence-electron chi connectivity index (χ0n) is 14.3. The van der Waals surface area contributed by atoms with E-state index in [1.54, 1.807) is 18.7 Å². The Bertz CT molecular complexity index is 560. The van der Waals surface area contributed by atoms with Crippen molar-refractivity contribution in [3.8, 4) is 5.75 Å². The van der Waals surface area contributed by atoms with E-state index >= 15 is 0 Å². The minimum atomic E-state index is -0.636. The summed E-state index contributed by atoms with van der Waals surface area (Å²) in [7, 11) is 0. The summed E-state index contributed by atoms with van der Waals surface area (Å²) in [6.45, 7) is 6.68. The van der Waals surface area contributed by atoms with Gasteiger partial charge in [0.2, 0.25) is 0 Å². The Kier molecular flexibility index (Phi) is 9.68. The normalized spacial score (nSPS) is 10.1. The number of Topliss-reactive ketones (excluding diaryl/α,β-unsaturated/α-hetero) is 1. The molecular weight excluding hydrogens is 326 g/mol. The fourth-order valence-corrected chi connectivity index (χ4v) is 2.18. The maximum Gasteiger partial charge on any atom is 0.341 e.